The molecule has 0 saturated carbocycles. The number of nitrogens with two attached hydrogens (primary N) is 1. The minimum atomic E-state index is 0.617. The molecule has 16 heavy (non-hydrogen) atoms. The summed E-state index contributed by atoms with van der Waals surface area (Å²) in [6.45, 7) is 4.08. The van der Waals surface area contributed by atoms with Gasteiger partial charge in [-0.2, -0.15) is 0 Å². The number of hydrogen-bond acceptors (Lipinski definition) is 2. The van der Waals surface area contributed by atoms with Gasteiger partial charge in [0, 0.05) is 29.3 Å². The smallest absolute Gasteiger partial charge is 0.0425 e. The summed E-state index contributed by atoms with van der Waals surface area (Å²) in [6, 6.07) is 7.03. The van der Waals surface area contributed by atoms with Crippen molar-refractivity contribution in [2.75, 3.05) is 11.4 Å². The van der Waals surface area contributed by atoms with Gasteiger partial charge in [0.25, 0.3) is 0 Å². The highest BCUT2D eigenvalue weighted by Crippen LogP contribution is 2.30. The second kappa shape index (κ2) is 5.19. The number of nitrogens with zero attached hydrogens (tertiary/aromatic N) is 1. The summed E-state index contributed by atoms with van der Waals surface area (Å²) in [4.78, 5) is 2.50. The van der Waals surface area contributed by atoms with Crippen LogP contribution < -0.4 is 10.6 Å². The van der Waals surface area contributed by atoms with Crippen molar-refractivity contribution in [2.24, 2.45) is 5.73 Å². The third-order valence-corrected chi connectivity index (χ3v) is 3.87. The van der Waals surface area contributed by atoms with Crippen LogP contribution in [0.1, 0.15) is 31.7 Å². The Hall–Kier alpha value is -0.540. The van der Waals surface area contributed by atoms with E-state index in [1.165, 1.54) is 30.5 Å². The van der Waals surface area contributed by atoms with Crippen molar-refractivity contribution in [2.45, 2.75) is 38.8 Å². The molecule has 3 heteroatoms. The number of hydrogen-bond donors (Lipinski definition) is 1. The van der Waals surface area contributed by atoms with Crippen molar-refractivity contribution in [3.8, 4) is 0 Å². The van der Waals surface area contributed by atoms with Crippen LogP contribution in [0, 0.1) is 0 Å². The summed E-state index contributed by atoms with van der Waals surface area (Å²) in [5, 5.41) is 0. The summed E-state index contributed by atoms with van der Waals surface area (Å²) in [6.07, 6.45) is 3.93. The highest BCUT2D eigenvalue weighted by molar-refractivity contribution is 9.10. The molecule has 1 aromatic rings. The minimum Gasteiger partial charge on any atom is -0.369 e. The number of benzene rings is 1. The molecule has 2 N–H and O–H groups in total. The molecule has 1 atom stereocenters. The standard InChI is InChI=1S/C13H19BrN2/c1-10-4-2-3-7-16(10)13-8-12(14)6-5-11(13)9-15/h5-6,8,10H,2-4,7,9,15H2,1H3. The normalized spacial score (nSPS) is 21.2. The molecular weight excluding hydrogens is 264 g/mol. The molecule has 1 saturated heterocycles. The third-order valence-electron chi connectivity index (χ3n) is 3.38. The Balaban J connectivity index is 2.33. The lowest BCUT2D eigenvalue weighted by atomic mass is 10.0. The van der Waals surface area contributed by atoms with Crippen LogP contribution in [-0.4, -0.2) is 12.6 Å². The summed E-state index contributed by atoms with van der Waals surface area (Å²) >= 11 is 3.54. The zero-order chi connectivity index (χ0) is 11.5. The molecule has 1 aliphatic rings. The van der Waals surface area contributed by atoms with Gasteiger partial charge in [-0.25, -0.2) is 0 Å². The number of piperidine rings is 1. The van der Waals surface area contributed by atoms with Gasteiger partial charge in [0.15, 0.2) is 0 Å². The first kappa shape index (κ1) is 11.9. The fourth-order valence-electron chi connectivity index (χ4n) is 2.43. The van der Waals surface area contributed by atoms with E-state index < -0.39 is 0 Å². The largest absolute Gasteiger partial charge is 0.369 e. The second-order valence-corrected chi connectivity index (χ2v) is 5.43. The lowest BCUT2D eigenvalue weighted by Gasteiger charge is -2.36. The van der Waals surface area contributed by atoms with Crippen molar-refractivity contribution in [1.29, 1.82) is 0 Å². The van der Waals surface area contributed by atoms with E-state index in [0.717, 1.165) is 11.0 Å². The van der Waals surface area contributed by atoms with Crippen LogP contribution in [0.3, 0.4) is 0 Å². The Morgan fingerprint density at radius 3 is 2.94 bits per heavy atom. The van der Waals surface area contributed by atoms with Gasteiger partial charge in [0.1, 0.15) is 0 Å². The maximum absolute atomic E-state index is 5.81. The highest BCUT2D eigenvalue weighted by atomic mass is 79.9. The molecule has 2 rings (SSSR count). The van der Waals surface area contributed by atoms with E-state index in [2.05, 4.69) is 46.0 Å². The summed E-state index contributed by atoms with van der Waals surface area (Å²) in [5.74, 6) is 0. The molecule has 1 aromatic carbocycles. The minimum absolute atomic E-state index is 0.617. The van der Waals surface area contributed by atoms with Crippen molar-refractivity contribution in [1.82, 2.24) is 0 Å². The molecule has 0 amide bonds. The van der Waals surface area contributed by atoms with Crippen molar-refractivity contribution in [3.05, 3.63) is 28.2 Å². The number of anilines is 1. The molecule has 1 unspecified atom stereocenters. The van der Waals surface area contributed by atoms with E-state index in [1.807, 2.05) is 0 Å². The summed E-state index contributed by atoms with van der Waals surface area (Å²) in [7, 11) is 0. The van der Waals surface area contributed by atoms with E-state index in [9.17, 15) is 0 Å². The Morgan fingerprint density at radius 2 is 2.25 bits per heavy atom. The molecule has 1 fully saturated rings. The van der Waals surface area contributed by atoms with Gasteiger partial charge in [0.05, 0.1) is 0 Å². The van der Waals surface area contributed by atoms with Gasteiger partial charge in [-0.05, 0) is 43.9 Å². The Kier molecular flexibility index (Phi) is 3.87. The fraction of sp³-hybridized carbons (Fsp3) is 0.538. The molecule has 0 aromatic heterocycles. The Labute approximate surface area is 106 Å². The van der Waals surface area contributed by atoms with Gasteiger partial charge in [-0.15, -0.1) is 0 Å². The lowest BCUT2D eigenvalue weighted by molar-refractivity contribution is 0.483. The van der Waals surface area contributed by atoms with Crippen molar-refractivity contribution < 1.29 is 0 Å². The van der Waals surface area contributed by atoms with Gasteiger partial charge in [-0.1, -0.05) is 22.0 Å². The van der Waals surface area contributed by atoms with Gasteiger partial charge < -0.3 is 10.6 Å². The summed E-state index contributed by atoms with van der Waals surface area (Å²) < 4.78 is 1.14. The van der Waals surface area contributed by atoms with E-state index in [0.29, 0.717) is 12.6 Å². The summed E-state index contributed by atoms with van der Waals surface area (Å²) in [5.41, 5.74) is 8.37. The zero-order valence-corrected chi connectivity index (χ0v) is 11.3. The van der Waals surface area contributed by atoms with Crippen LogP contribution in [-0.2, 0) is 6.54 Å². The Bertz CT molecular complexity index is 365. The maximum Gasteiger partial charge on any atom is 0.0425 e. The third kappa shape index (κ3) is 2.41. The molecule has 0 aliphatic carbocycles. The lowest BCUT2D eigenvalue weighted by Crippen LogP contribution is -2.38. The van der Waals surface area contributed by atoms with Crippen LogP contribution in [0.15, 0.2) is 22.7 Å². The van der Waals surface area contributed by atoms with Gasteiger partial charge >= 0.3 is 0 Å². The van der Waals surface area contributed by atoms with Gasteiger partial charge in [-0.3, -0.25) is 0 Å². The number of rotatable bonds is 2. The first-order chi connectivity index (χ1) is 7.72. The average Bonchev–Trinajstić information content (AvgIpc) is 2.29. The Morgan fingerprint density at radius 1 is 1.44 bits per heavy atom. The zero-order valence-electron chi connectivity index (χ0n) is 9.75. The van der Waals surface area contributed by atoms with E-state index in [1.54, 1.807) is 0 Å². The average molecular weight is 283 g/mol. The predicted octanol–water partition coefficient (Wildman–Crippen LogP) is 3.29. The molecule has 2 nitrogen and oxygen atoms in total. The van der Waals surface area contributed by atoms with Crippen LogP contribution in [0.5, 0.6) is 0 Å². The van der Waals surface area contributed by atoms with Gasteiger partial charge in [0.2, 0.25) is 0 Å². The van der Waals surface area contributed by atoms with Crippen LogP contribution >= 0.6 is 15.9 Å². The molecule has 0 bridgehead atoms. The predicted molar refractivity (Wildman–Crippen MR) is 72.7 cm³/mol. The van der Waals surface area contributed by atoms with Crippen LogP contribution in [0.25, 0.3) is 0 Å². The second-order valence-electron chi connectivity index (χ2n) is 4.52. The van der Waals surface area contributed by atoms with Crippen molar-refractivity contribution >= 4 is 21.6 Å². The molecule has 88 valence electrons. The maximum atomic E-state index is 5.81. The van der Waals surface area contributed by atoms with E-state index >= 15 is 0 Å². The van der Waals surface area contributed by atoms with E-state index in [-0.39, 0.29) is 0 Å². The monoisotopic (exact) mass is 282 g/mol. The SMILES string of the molecule is CC1CCCCN1c1cc(Br)ccc1CN. The topological polar surface area (TPSA) is 29.3 Å². The molecule has 0 spiro atoms. The van der Waals surface area contributed by atoms with Crippen LogP contribution in [0.2, 0.25) is 0 Å². The number of halogens is 1. The first-order valence-corrected chi connectivity index (χ1v) is 6.77. The van der Waals surface area contributed by atoms with Crippen LogP contribution in [0.4, 0.5) is 5.69 Å². The molecular formula is C13H19BrN2. The molecule has 0 radical (unpaired) electrons. The molecule has 1 heterocycles. The quantitative estimate of drug-likeness (QED) is 0.902. The molecule has 1 aliphatic heterocycles. The first-order valence-electron chi connectivity index (χ1n) is 5.97. The fourth-order valence-corrected chi connectivity index (χ4v) is 2.78. The van der Waals surface area contributed by atoms with Crippen molar-refractivity contribution in [3.63, 3.8) is 0 Å². The van der Waals surface area contributed by atoms with E-state index in [4.69, 9.17) is 5.73 Å². The highest BCUT2D eigenvalue weighted by Gasteiger charge is 2.20.